The van der Waals surface area contributed by atoms with Gasteiger partial charge in [0.1, 0.15) is 11.5 Å². The monoisotopic (exact) mass is 392 g/mol. The van der Waals surface area contributed by atoms with E-state index in [1.54, 1.807) is 38.1 Å². The number of furan rings is 1. The number of aryl methyl sites for hydroxylation is 2. The van der Waals surface area contributed by atoms with Crippen molar-refractivity contribution in [1.82, 2.24) is 10.9 Å². The fourth-order valence-electron chi connectivity index (χ4n) is 2.40. The molecule has 2 N–H and O–H groups in total. The summed E-state index contributed by atoms with van der Waals surface area (Å²) < 4.78 is 16.0. The first-order chi connectivity index (χ1) is 12.8. The highest BCUT2D eigenvalue weighted by molar-refractivity contribution is 6.32. The number of methoxy groups -OCH3 is 1. The van der Waals surface area contributed by atoms with Crippen LogP contribution in [0, 0.1) is 13.8 Å². The summed E-state index contributed by atoms with van der Waals surface area (Å²) in [6.45, 7) is 5.70. The fraction of sp³-hybridized carbons (Fsp3) is 0.263. The minimum Gasteiger partial charge on any atom is -0.491 e. The van der Waals surface area contributed by atoms with Gasteiger partial charge in [0, 0.05) is 6.08 Å². The Morgan fingerprint density at radius 1 is 1.22 bits per heavy atom. The molecule has 0 spiro atoms. The van der Waals surface area contributed by atoms with Crippen LogP contribution < -0.4 is 20.3 Å². The summed E-state index contributed by atoms with van der Waals surface area (Å²) in [6, 6.07) is 4.94. The molecule has 1 aromatic carbocycles. The van der Waals surface area contributed by atoms with Crippen LogP contribution in [0.3, 0.4) is 0 Å². The van der Waals surface area contributed by atoms with E-state index < -0.39 is 11.8 Å². The third-order valence-corrected chi connectivity index (χ3v) is 3.83. The van der Waals surface area contributed by atoms with Crippen LogP contribution in [-0.4, -0.2) is 25.5 Å². The molecule has 0 radical (unpaired) electrons. The van der Waals surface area contributed by atoms with E-state index in [0.717, 1.165) is 0 Å². The summed E-state index contributed by atoms with van der Waals surface area (Å²) in [6.07, 6.45) is 2.81. The maximum absolute atomic E-state index is 12.0. The number of carbonyl (C=O) groups excluding carboxylic acids is 2. The Balaban J connectivity index is 2.02. The molecule has 1 heterocycles. The van der Waals surface area contributed by atoms with E-state index in [-0.39, 0.29) is 0 Å². The van der Waals surface area contributed by atoms with Gasteiger partial charge in [-0.2, -0.15) is 0 Å². The predicted molar refractivity (Wildman–Crippen MR) is 102 cm³/mol. The molecule has 2 aromatic rings. The summed E-state index contributed by atoms with van der Waals surface area (Å²) in [5.74, 6) is 1.03. The van der Waals surface area contributed by atoms with Gasteiger partial charge in [-0.25, -0.2) is 0 Å². The molecule has 1 aromatic heterocycles. The number of ether oxygens (including phenoxy) is 2. The maximum atomic E-state index is 12.0. The second-order valence-corrected chi connectivity index (χ2v) is 5.98. The highest BCUT2D eigenvalue weighted by Crippen LogP contribution is 2.36. The molecule has 0 bridgehead atoms. The summed E-state index contributed by atoms with van der Waals surface area (Å²) >= 11 is 6.17. The van der Waals surface area contributed by atoms with Gasteiger partial charge in [-0.15, -0.1) is 0 Å². The van der Waals surface area contributed by atoms with Crippen molar-refractivity contribution >= 4 is 29.5 Å². The van der Waals surface area contributed by atoms with Crippen LogP contribution in [0.5, 0.6) is 11.5 Å². The van der Waals surface area contributed by atoms with Crippen molar-refractivity contribution in [3.8, 4) is 11.5 Å². The van der Waals surface area contributed by atoms with Gasteiger partial charge < -0.3 is 13.9 Å². The molecule has 0 saturated heterocycles. The van der Waals surface area contributed by atoms with E-state index in [1.807, 2.05) is 6.92 Å². The van der Waals surface area contributed by atoms with Gasteiger partial charge in [0.15, 0.2) is 11.5 Å². The summed E-state index contributed by atoms with van der Waals surface area (Å²) in [4.78, 5) is 24.0. The van der Waals surface area contributed by atoms with E-state index in [1.165, 1.54) is 13.2 Å². The SMILES string of the molecule is CCOc1cc(/C=C/C(=O)NNC(=O)c2cc(C)oc2C)cc(Cl)c1OC. The molecule has 8 heteroatoms. The summed E-state index contributed by atoms with van der Waals surface area (Å²) in [5, 5.41) is 0.364. The molecule has 2 amide bonds. The predicted octanol–water partition coefficient (Wildman–Crippen LogP) is 3.43. The van der Waals surface area contributed by atoms with E-state index >= 15 is 0 Å². The second kappa shape index (κ2) is 9.14. The number of halogens is 1. The highest BCUT2D eigenvalue weighted by atomic mass is 35.5. The average Bonchev–Trinajstić information content (AvgIpc) is 2.96. The Labute approximate surface area is 162 Å². The number of rotatable bonds is 6. The van der Waals surface area contributed by atoms with Crippen molar-refractivity contribution < 1.29 is 23.5 Å². The summed E-state index contributed by atoms with van der Waals surface area (Å²) in [7, 11) is 1.50. The van der Waals surface area contributed by atoms with Crippen LogP contribution in [0.2, 0.25) is 5.02 Å². The van der Waals surface area contributed by atoms with Crippen molar-refractivity contribution in [2.45, 2.75) is 20.8 Å². The van der Waals surface area contributed by atoms with Crippen molar-refractivity contribution in [3.05, 3.63) is 51.9 Å². The molecule has 0 unspecified atom stereocenters. The van der Waals surface area contributed by atoms with E-state index in [4.69, 9.17) is 25.5 Å². The largest absolute Gasteiger partial charge is 0.491 e. The Morgan fingerprint density at radius 2 is 1.96 bits per heavy atom. The Bertz CT molecular complexity index is 873. The van der Waals surface area contributed by atoms with Gasteiger partial charge in [0.2, 0.25) is 0 Å². The average molecular weight is 393 g/mol. The fourth-order valence-corrected chi connectivity index (χ4v) is 2.70. The van der Waals surface area contributed by atoms with Crippen molar-refractivity contribution in [2.75, 3.05) is 13.7 Å². The smallest absolute Gasteiger partial charge is 0.273 e. The van der Waals surface area contributed by atoms with Gasteiger partial charge in [-0.05, 0) is 50.6 Å². The van der Waals surface area contributed by atoms with Crippen LogP contribution in [0.1, 0.15) is 34.4 Å². The van der Waals surface area contributed by atoms with Gasteiger partial charge in [0.25, 0.3) is 11.8 Å². The van der Waals surface area contributed by atoms with Crippen molar-refractivity contribution in [2.24, 2.45) is 0 Å². The van der Waals surface area contributed by atoms with Gasteiger partial charge in [-0.3, -0.25) is 20.4 Å². The van der Waals surface area contributed by atoms with Crippen molar-refractivity contribution in [3.63, 3.8) is 0 Å². The van der Waals surface area contributed by atoms with Crippen LogP contribution in [-0.2, 0) is 4.79 Å². The van der Waals surface area contributed by atoms with E-state index in [9.17, 15) is 9.59 Å². The Kier molecular flexibility index (Phi) is 6.90. The third kappa shape index (κ3) is 5.27. The van der Waals surface area contributed by atoms with Crippen LogP contribution in [0.15, 0.2) is 28.7 Å². The van der Waals surface area contributed by atoms with E-state index in [2.05, 4.69) is 10.9 Å². The third-order valence-electron chi connectivity index (χ3n) is 3.55. The number of hydrazine groups is 1. The molecule has 0 fully saturated rings. The maximum Gasteiger partial charge on any atom is 0.273 e. The zero-order valence-corrected chi connectivity index (χ0v) is 16.3. The first-order valence-corrected chi connectivity index (χ1v) is 8.59. The molecular formula is C19H21ClN2O5. The lowest BCUT2D eigenvalue weighted by molar-refractivity contribution is -0.117. The molecule has 0 aliphatic carbocycles. The number of amides is 2. The lowest BCUT2D eigenvalue weighted by Gasteiger charge is -2.11. The Hall–Kier alpha value is -2.93. The van der Waals surface area contributed by atoms with Gasteiger partial charge in [-0.1, -0.05) is 11.6 Å². The summed E-state index contributed by atoms with van der Waals surface area (Å²) in [5.41, 5.74) is 5.65. The molecule has 0 aliphatic rings. The molecule has 0 atom stereocenters. The number of hydrogen-bond donors (Lipinski definition) is 2. The van der Waals surface area contributed by atoms with Crippen molar-refractivity contribution in [1.29, 1.82) is 0 Å². The molecule has 0 aliphatic heterocycles. The standard InChI is InChI=1S/C19H21ClN2O5/c1-5-26-16-10-13(9-15(20)18(16)25-4)6-7-17(23)21-22-19(24)14-8-11(2)27-12(14)3/h6-10H,5H2,1-4H3,(H,21,23)(H,22,24)/b7-6+. The lowest BCUT2D eigenvalue weighted by Crippen LogP contribution is -2.40. The topological polar surface area (TPSA) is 89.8 Å². The molecule has 2 rings (SSSR count). The van der Waals surface area contributed by atoms with E-state index in [0.29, 0.717) is 45.8 Å². The zero-order valence-electron chi connectivity index (χ0n) is 15.5. The number of hydrogen-bond acceptors (Lipinski definition) is 5. The highest BCUT2D eigenvalue weighted by Gasteiger charge is 2.14. The molecule has 7 nitrogen and oxygen atoms in total. The first kappa shape index (κ1) is 20.4. The minimum absolute atomic E-state index is 0.361. The number of nitrogens with one attached hydrogen (secondary N) is 2. The molecule has 144 valence electrons. The molecule has 27 heavy (non-hydrogen) atoms. The quantitative estimate of drug-likeness (QED) is 0.580. The Morgan fingerprint density at radius 3 is 2.56 bits per heavy atom. The second-order valence-electron chi connectivity index (χ2n) is 5.57. The van der Waals surface area contributed by atoms with Crippen LogP contribution in [0.25, 0.3) is 6.08 Å². The van der Waals surface area contributed by atoms with Crippen LogP contribution >= 0.6 is 11.6 Å². The number of benzene rings is 1. The van der Waals surface area contributed by atoms with Gasteiger partial charge in [0.05, 0.1) is 24.3 Å². The van der Waals surface area contributed by atoms with Gasteiger partial charge >= 0.3 is 0 Å². The first-order valence-electron chi connectivity index (χ1n) is 8.21. The molecular weight excluding hydrogens is 372 g/mol. The lowest BCUT2D eigenvalue weighted by atomic mass is 10.2. The normalized spacial score (nSPS) is 10.7. The molecule has 0 saturated carbocycles. The zero-order chi connectivity index (χ0) is 20.0. The van der Waals surface area contributed by atoms with Crippen LogP contribution in [0.4, 0.5) is 0 Å². The minimum atomic E-state index is -0.508. The number of carbonyl (C=O) groups is 2.